The van der Waals surface area contributed by atoms with Crippen molar-refractivity contribution in [1.82, 2.24) is 5.32 Å². The molecule has 2 rings (SSSR count). The summed E-state index contributed by atoms with van der Waals surface area (Å²) in [6, 6.07) is 5.93. The Morgan fingerprint density at radius 3 is 2.65 bits per heavy atom. The summed E-state index contributed by atoms with van der Waals surface area (Å²) in [4.78, 5) is 12.4. The lowest BCUT2D eigenvalue weighted by atomic mass is 9.79. The zero-order chi connectivity index (χ0) is 14.7. The first-order chi connectivity index (χ1) is 9.51. The molecule has 0 heterocycles. The van der Waals surface area contributed by atoms with Crippen LogP contribution in [0.25, 0.3) is 0 Å². The van der Waals surface area contributed by atoms with Crippen LogP contribution in [-0.2, 0) is 0 Å². The van der Waals surface area contributed by atoms with E-state index in [9.17, 15) is 4.79 Å². The van der Waals surface area contributed by atoms with Crippen molar-refractivity contribution >= 4 is 11.6 Å². The van der Waals surface area contributed by atoms with Crippen LogP contribution in [0.15, 0.2) is 18.2 Å². The third kappa shape index (κ3) is 3.31. The molecule has 1 aromatic carbocycles. The molecule has 1 saturated carbocycles. The van der Waals surface area contributed by atoms with E-state index in [1.54, 1.807) is 0 Å². The highest BCUT2D eigenvalue weighted by Gasteiger charge is 2.26. The summed E-state index contributed by atoms with van der Waals surface area (Å²) in [7, 11) is 0. The van der Waals surface area contributed by atoms with Crippen molar-refractivity contribution in [1.29, 1.82) is 0 Å². The Balaban J connectivity index is 2.05. The van der Waals surface area contributed by atoms with E-state index in [0.717, 1.165) is 24.3 Å². The molecule has 0 saturated heterocycles. The van der Waals surface area contributed by atoms with Gasteiger partial charge >= 0.3 is 0 Å². The summed E-state index contributed by atoms with van der Waals surface area (Å²) in [6.07, 6.45) is 3.31. The molecule has 0 aromatic heterocycles. The molecule has 1 aromatic rings. The molecule has 4 heteroatoms. The Morgan fingerprint density at radius 1 is 1.25 bits per heavy atom. The maximum Gasteiger partial charge on any atom is 0.253 e. The van der Waals surface area contributed by atoms with E-state index < -0.39 is 0 Å². The van der Waals surface area contributed by atoms with Crippen molar-refractivity contribution in [3.05, 3.63) is 29.3 Å². The average Bonchev–Trinajstić information content (AvgIpc) is 2.42. The summed E-state index contributed by atoms with van der Waals surface area (Å²) in [5.74, 6) is 6.88. The number of benzene rings is 1. The van der Waals surface area contributed by atoms with Gasteiger partial charge in [-0.05, 0) is 55.7 Å². The molecule has 1 fully saturated rings. The Kier molecular flexibility index (Phi) is 4.65. The SMILES string of the molecule is Cc1ccc(C(=O)NC2CCC(C)C(C)C2)c(NN)c1. The van der Waals surface area contributed by atoms with E-state index in [1.165, 1.54) is 6.42 Å². The first-order valence-electron chi connectivity index (χ1n) is 7.39. The van der Waals surface area contributed by atoms with Crippen LogP contribution in [0.4, 0.5) is 5.69 Å². The quantitative estimate of drug-likeness (QED) is 0.587. The second-order valence-corrected chi connectivity index (χ2v) is 6.13. The molecule has 3 atom stereocenters. The Bertz CT molecular complexity index is 487. The number of hydrogen-bond donors (Lipinski definition) is 3. The van der Waals surface area contributed by atoms with Gasteiger partial charge in [-0.25, -0.2) is 0 Å². The summed E-state index contributed by atoms with van der Waals surface area (Å²) >= 11 is 0. The van der Waals surface area contributed by atoms with Crippen molar-refractivity contribution in [2.24, 2.45) is 17.7 Å². The first-order valence-corrected chi connectivity index (χ1v) is 7.39. The number of amides is 1. The van der Waals surface area contributed by atoms with Crippen molar-refractivity contribution in [3.8, 4) is 0 Å². The van der Waals surface area contributed by atoms with Crippen LogP contribution in [-0.4, -0.2) is 11.9 Å². The van der Waals surface area contributed by atoms with Crippen molar-refractivity contribution < 1.29 is 4.79 Å². The molecule has 4 N–H and O–H groups in total. The lowest BCUT2D eigenvalue weighted by molar-refractivity contribution is 0.0911. The van der Waals surface area contributed by atoms with E-state index in [0.29, 0.717) is 17.2 Å². The predicted octanol–water partition coefficient (Wildman–Crippen LogP) is 2.84. The second-order valence-electron chi connectivity index (χ2n) is 6.13. The number of nitrogen functional groups attached to an aromatic ring is 1. The molecule has 0 bridgehead atoms. The van der Waals surface area contributed by atoms with Crippen LogP contribution >= 0.6 is 0 Å². The van der Waals surface area contributed by atoms with E-state index in [-0.39, 0.29) is 11.9 Å². The van der Waals surface area contributed by atoms with Gasteiger partial charge in [0.1, 0.15) is 0 Å². The van der Waals surface area contributed by atoms with Crippen molar-refractivity contribution in [2.45, 2.75) is 46.1 Å². The lowest BCUT2D eigenvalue weighted by Gasteiger charge is -2.32. The molecule has 3 unspecified atom stereocenters. The van der Waals surface area contributed by atoms with Gasteiger partial charge in [-0.3, -0.25) is 10.6 Å². The Morgan fingerprint density at radius 2 is 2.00 bits per heavy atom. The van der Waals surface area contributed by atoms with Gasteiger partial charge in [-0.15, -0.1) is 0 Å². The monoisotopic (exact) mass is 275 g/mol. The predicted molar refractivity (Wildman–Crippen MR) is 82.4 cm³/mol. The average molecular weight is 275 g/mol. The molecule has 0 spiro atoms. The Labute approximate surface area is 121 Å². The topological polar surface area (TPSA) is 67.2 Å². The number of carbonyl (C=O) groups is 1. The van der Waals surface area contributed by atoms with Gasteiger partial charge in [0.2, 0.25) is 0 Å². The van der Waals surface area contributed by atoms with Crippen LogP contribution in [0.5, 0.6) is 0 Å². The number of nitrogens with two attached hydrogens (primary N) is 1. The van der Waals surface area contributed by atoms with Crippen molar-refractivity contribution in [2.75, 3.05) is 5.43 Å². The van der Waals surface area contributed by atoms with E-state index >= 15 is 0 Å². The number of hydrogen-bond acceptors (Lipinski definition) is 3. The molecule has 0 radical (unpaired) electrons. The number of hydrazine groups is 1. The fraction of sp³-hybridized carbons (Fsp3) is 0.562. The van der Waals surface area contributed by atoms with E-state index in [4.69, 9.17) is 5.84 Å². The summed E-state index contributed by atoms with van der Waals surface area (Å²) in [5, 5.41) is 3.15. The summed E-state index contributed by atoms with van der Waals surface area (Å²) < 4.78 is 0. The number of rotatable bonds is 3. The maximum absolute atomic E-state index is 12.4. The standard InChI is InChI=1S/C16H25N3O/c1-10-4-7-14(15(8-10)19-17)16(20)18-13-6-5-11(2)12(3)9-13/h4,7-8,11-13,19H,5-6,9,17H2,1-3H3,(H,18,20). The molecule has 20 heavy (non-hydrogen) atoms. The fourth-order valence-electron chi connectivity index (χ4n) is 2.92. The molecular weight excluding hydrogens is 250 g/mol. The minimum Gasteiger partial charge on any atom is -0.349 e. The molecule has 1 aliphatic carbocycles. The largest absolute Gasteiger partial charge is 0.349 e. The second kappa shape index (κ2) is 6.27. The van der Waals surface area contributed by atoms with E-state index in [2.05, 4.69) is 24.6 Å². The van der Waals surface area contributed by atoms with Gasteiger partial charge in [0.05, 0.1) is 11.3 Å². The van der Waals surface area contributed by atoms with E-state index in [1.807, 2.05) is 25.1 Å². The molecule has 4 nitrogen and oxygen atoms in total. The molecule has 0 aliphatic heterocycles. The zero-order valence-corrected chi connectivity index (χ0v) is 12.6. The third-order valence-corrected chi connectivity index (χ3v) is 4.51. The Hall–Kier alpha value is -1.55. The lowest BCUT2D eigenvalue weighted by Crippen LogP contribution is -2.40. The minimum atomic E-state index is -0.0373. The fourth-order valence-corrected chi connectivity index (χ4v) is 2.92. The molecule has 110 valence electrons. The number of anilines is 1. The van der Waals surface area contributed by atoms with Gasteiger partial charge in [-0.1, -0.05) is 19.9 Å². The molecule has 1 amide bonds. The maximum atomic E-state index is 12.4. The van der Waals surface area contributed by atoms with Crippen molar-refractivity contribution in [3.63, 3.8) is 0 Å². The van der Waals surface area contributed by atoms with Crippen LogP contribution in [0, 0.1) is 18.8 Å². The van der Waals surface area contributed by atoms with Crippen LogP contribution in [0.1, 0.15) is 49.0 Å². The van der Waals surface area contributed by atoms with Gasteiger partial charge in [-0.2, -0.15) is 0 Å². The zero-order valence-electron chi connectivity index (χ0n) is 12.6. The first kappa shape index (κ1) is 14.9. The minimum absolute atomic E-state index is 0.0373. The highest BCUT2D eigenvalue weighted by molar-refractivity contribution is 5.99. The number of aryl methyl sites for hydroxylation is 1. The van der Waals surface area contributed by atoms with Gasteiger partial charge in [0.15, 0.2) is 0 Å². The van der Waals surface area contributed by atoms with Gasteiger partial charge in [0.25, 0.3) is 5.91 Å². The highest BCUT2D eigenvalue weighted by Crippen LogP contribution is 2.29. The van der Waals surface area contributed by atoms with Gasteiger partial charge < -0.3 is 10.7 Å². The molecular formula is C16H25N3O. The number of carbonyl (C=O) groups excluding carboxylic acids is 1. The summed E-state index contributed by atoms with van der Waals surface area (Å²) in [5.41, 5.74) is 4.98. The third-order valence-electron chi connectivity index (χ3n) is 4.51. The smallest absolute Gasteiger partial charge is 0.253 e. The highest BCUT2D eigenvalue weighted by atomic mass is 16.1. The van der Waals surface area contributed by atoms with Crippen LogP contribution in [0.3, 0.4) is 0 Å². The summed E-state index contributed by atoms with van der Waals surface area (Å²) in [6.45, 7) is 6.54. The van der Waals surface area contributed by atoms with Crippen LogP contribution in [0.2, 0.25) is 0 Å². The molecule has 1 aliphatic rings. The normalized spacial score (nSPS) is 26.1. The number of nitrogens with one attached hydrogen (secondary N) is 2. The van der Waals surface area contributed by atoms with Gasteiger partial charge in [0, 0.05) is 6.04 Å². The van der Waals surface area contributed by atoms with Crippen LogP contribution < -0.4 is 16.6 Å².